The van der Waals surface area contributed by atoms with E-state index in [1.54, 1.807) is 6.92 Å². The van der Waals surface area contributed by atoms with Gasteiger partial charge in [-0.15, -0.1) is 0 Å². The highest BCUT2D eigenvalue weighted by Crippen LogP contribution is 2.54. The van der Waals surface area contributed by atoms with Crippen molar-refractivity contribution in [1.29, 1.82) is 0 Å². The van der Waals surface area contributed by atoms with E-state index in [1.165, 1.54) is 0 Å². The molecule has 0 radical (unpaired) electrons. The number of nitrogens with zero attached hydrogens (tertiary/aromatic N) is 2. The van der Waals surface area contributed by atoms with Crippen molar-refractivity contribution >= 4 is 11.9 Å². The van der Waals surface area contributed by atoms with Gasteiger partial charge >= 0.3 is 11.9 Å². The standard InChI is InChI=1S/C31H58N2O6/c1-12-31(25(36)37,26(38)39)17-24(22-13-27(4,5)32(18-20(2)34)28(6,7)14-22)23-15-29(8,9)33(19-21(3)35)30(10,11)16-23/h20-24,34-35H,12-19H2,1-11H3,(H,36,37)(H,38,39). The van der Waals surface area contributed by atoms with E-state index in [2.05, 4.69) is 65.2 Å². The number of carboxylic acids is 2. The number of aliphatic hydroxyl groups excluding tert-OH is 2. The van der Waals surface area contributed by atoms with Crippen LogP contribution in [0.4, 0.5) is 0 Å². The molecule has 8 heteroatoms. The Labute approximate surface area is 237 Å². The number of likely N-dealkylation sites (tertiary alicyclic amines) is 2. The average Bonchev–Trinajstić information content (AvgIpc) is 2.72. The Hall–Kier alpha value is -1.22. The van der Waals surface area contributed by atoms with Gasteiger partial charge in [-0.2, -0.15) is 0 Å². The molecule has 8 nitrogen and oxygen atoms in total. The fourth-order valence-electron chi connectivity index (χ4n) is 8.75. The molecular weight excluding hydrogens is 496 g/mol. The first-order valence-corrected chi connectivity index (χ1v) is 14.9. The molecule has 4 N–H and O–H groups in total. The van der Waals surface area contributed by atoms with Crippen LogP contribution in [0.25, 0.3) is 0 Å². The van der Waals surface area contributed by atoms with E-state index < -0.39 is 29.6 Å². The molecule has 2 fully saturated rings. The quantitative estimate of drug-likeness (QED) is 0.267. The van der Waals surface area contributed by atoms with Crippen LogP contribution in [0.5, 0.6) is 0 Å². The van der Waals surface area contributed by atoms with Crippen LogP contribution in [0, 0.1) is 23.2 Å². The molecule has 0 aromatic rings. The SMILES string of the molecule is CCC(CC(C1CC(C)(C)N(CC(C)O)C(C)(C)C1)C1CC(C)(C)N(CC(C)O)C(C)(C)C1)(C(=O)O)C(=O)O. The maximum absolute atomic E-state index is 12.6. The van der Waals surface area contributed by atoms with Crippen molar-refractivity contribution in [2.45, 2.75) is 149 Å². The smallest absolute Gasteiger partial charge is 0.321 e. The Balaban J connectivity index is 2.62. The van der Waals surface area contributed by atoms with Crippen LogP contribution in [0.2, 0.25) is 0 Å². The van der Waals surface area contributed by atoms with Crippen LogP contribution in [0.15, 0.2) is 0 Å². The van der Waals surface area contributed by atoms with Gasteiger partial charge in [0, 0.05) is 35.2 Å². The van der Waals surface area contributed by atoms with E-state index in [4.69, 9.17) is 0 Å². The van der Waals surface area contributed by atoms with Gasteiger partial charge in [-0.05, 0) is 126 Å². The molecule has 2 atom stereocenters. The second-order valence-electron chi connectivity index (χ2n) is 15.4. The Bertz CT molecular complexity index is 778. The number of carbonyl (C=O) groups is 2. The van der Waals surface area contributed by atoms with Crippen molar-refractivity contribution in [1.82, 2.24) is 9.80 Å². The zero-order valence-electron chi connectivity index (χ0n) is 26.5. The van der Waals surface area contributed by atoms with E-state index >= 15 is 0 Å². The number of hydrogen-bond donors (Lipinski definition) is 4. The molecule has 0 aliphatic carbocycles. The fourth-order valence-corrected chi connectivity index (χ4v) is 8.75. The van der Waals surface area contributed by atoms with Gasteiger partial charge in [-0.25, -0.2) is 0 Å². The highest BCUT2D eigenvalue weighted by molar-refractivity contribution is 5.98. The summed E-state index contributed by atoms with van der Waals surface area (Å²) in [4.78, 5) is 29.9. The van der Waals surface area contributed by atoms with Gasteiger partial charge in [0.15, 0.2) is 5.41 Å². The number of β-amino-alcohol motifs (C(OH)–C–C–N with tert-alkyl or cyclic N) is 2. The molecule has 2 unspecified atom stereocenters. The number of rotatable bonds is 11. The monoisotopic (exact) mass is 554 g/mol. The second kappa shape index (κ2) is 11.6. The molecule has 0 aromatic carbocycles. The molecule has 228 valence electrons. The van der Waals surface area contributed by atoms with E-state index in [1.807, 2.05) is 13.8 Å². The van der Waals surface area contributed by atoms with E-state index in [-0.39, 0.29) is 52.8 Å². The summed E-state index contributed by atoms with van der Waals surface area (Å²) < 4.78 is 0. The van der Waals surface area contributed by atoms with Gasteiger partial charge in [0.25, 0.3) is 0 Å². The van der Waals surface area contributed by atoms with Crippen molar-refractivity contribution in [2.24, 2.45) is 23.2 Å². The zero-order valence-corrected chi connectivity index (χ0v) is 26.5. The molecule has 0 aromatic heterocycles. The molecule has 2 rings (SSSR count). The maximum Gasteiger partial charge on any atom is 0.321 e. The summed E-state index contributed by atoms with van der Waals surface area (Å²) in [5, 5.41) is 41.1. The Kier molecular flexibility index (Phi) is 10.1. The highest BCUT2D eigenvalue weighted by Gasteiger charge is 2.56. The minimum Gasteiger partial charge on any atom is -0.480 e. The molecule has 39 heavy (non-hydrogen) atoms. The number of piperidine rings is 2. The minimum atomic E-state index is -1.83. The summed E-state index contributed by atoms with van der Waals surface area (Å²) >= 11 is 0. The van der Waals surface area contributed by atoms with Crippen molar-refractivity contribution < 1.29 is 30.0 Å². The molecule has 0 amide bonds. The van der Waals surface area contributed by atoms with Crippen LogP contribution in [0.1, 0.15) is 115 Å². The molecule has 2 heterocycles. The number of carboxylic acid groups (broad SMARTS) is 2. The van der Waals surface area contributed by atoms with Crippen LogP contribution in [-0.2, 0) is 9.59 Å². The summed E-state index contributed by atoms with van der Waals surface area (Å²) in [6.07, 6.45) is 2.43. The number of aliphatic hydroxyl groups is 2. The first-order chi connectivity index (χ1) is 17.5. The molecule has 0 bridgehead atoms. The average molecular weight is 555 g/mol. The lowest BCUT2D eigenvalue weighted by molar-refractivity contribution is -0.169. The molecule has 0 spiro atoms. The van der Waals surface area contributed by atoms with Crippen molar-refractivity contribution in [2.75, 3.05) is 13.1 Å². The molecule has 2 aliphatic rings. The van der Waals surface area contributed by atoms with Gasteiger partial charge in [-0.3, -0.25) is 19.4 Å². The lowest BCUT2D eigenvalue weighted by Crippen LogP contribution is -2.65. The summed E-state index contributed by atoms with van der Waals surface area (Å²) in [5.41, 5.74) is -2.83. The minimum absolute atomic E-state index is 0.0372. The predicted molar refractivity (Wildman–Crippen MR) is 155 cm³/mol. The summed E-state index contributed by atoms with van der Waals surface area (Å²) in [5.74, 6) is -2.35. The summed E-state index contributed by atoms with van der Waals surface area (Å²) in [7, 11) is 0. The topological polar surface area (TPSA) is 122 Å². The lowest BCUT2D eigenvalue weighted by Gasteiger charge is -2.61. The predicted octanol–water partition coefficient (Wildman–Crippen LogP) is 4.86. The Morgan fingerprint density at radius 1 is 0.718 bits per heavy atom. The van der Waals surface area contributed by atoms with Gasteiger partial charge in [0.05, 0.1) is 12.2 Å². The van der Waals surface area contributed by atoms with Crippen molar-refractivity contribution in [3.8, 4) is 0 Å². The van der Waals surface area contributed by atoms with Crippen LogP contribution in [-0.4, -0.2) is 89.6 Å². The van der Waals surface area contributed by atoms with Gasteiger partial charge in [-0.1, -0.05) is 6.92 Å². The van der Waals surface area contributed by atoms with Gasteiger partial charge in [0.2, 0.25) is 0 Å². The normalized spacial score (nSPS) is 26.6. The molecular formula is C31H58N2O6. The van der Waals surface area contributed by atoms with E-state index in [0.29, 0.717) is 13.1 Å². The summed E-state index contributed by atoms with van der Waals surface area (Å²) in [6, 6.07) is 0. The maximum atomic E-state index is 12.6. The van der Waals surface area contributed by atoms with Crippen LogP contribution < -0.4 is 0 Å². The van der Waals surface area contributed by atoms with Gasteiger partial charge in [0.1, 0.15) is 0 Å². The molecule has 0 saturated carbocycles. The Morgan fingerprint density at radius 3 is 1.21 bits per heavy atom. The lowest BCUT2D eigenvalue weighted by atomic mass is 9.57. The van der Waals surface area contributed by atoms with Crippen molar-refractivity contribution in [3.63, 3.8) is 0 Å². The third kappa shape index (κ3) is 7.17. The fraction of sp³-hybridized carbons (Fsp3) is 0.935. The van der Waals surface area contributed by atoms with Crippen LogP contribution >= 0.6 is 0 Å². The number of hydrogen-bond acceptors (Lipinski definition) is 6. The van der Waals surface area contributed by atoms with Gasteiger partial charge < -0.3 is 20.4 Å². The van der Waals surface area contributed by atoms with E-state index in [9.17, 15) is 30.0 Å². The largest absolute Gasteiger partial charge is 0.480 e. The zero-order chi connectivity index (χ0) is 30.4. The first kappa shape index (κ1) is 34.0. The third-order valence-corrected chi connectivity index (χ3v) is 10.1. The Morgan fingerprint density at radius 2 is 1.00 bits per heavy atom. The molecule has 2 saturated heterocycles. The third-order valence-electron chi connectivity index (χ3n) is 10.1. The van der Waals surface area contributed by atoms with Crippen molar-refractivity contribution in [3.05, 3.63) is 0 Å². The first-order valence-electron chi connectivity index (χ1n) is 14.9. The van der Waals surface area contributed by atoms with E-state index in [0.717, 1.165) is 25.7 Å². The highest BCUT2D eigenvalue weighted by atomic mass is 16.4. The summed E-state index contributed by atoms with van der Waals surface area (Å²) in [6.45, 7) is 24.0. The number of aliphatic carboxylic acids is 2. The molecule has 2 aliphatic heterocycles. The van der Waals surface area contributed by atoms with Crippen LogP contribution in [0.3, 0.4) is 0 Å². The second-order valence-corrected chi connectivity index (χ2v) is 15.4.